The highest BCUT2D eigenvalue weighted by Crippen LogP contribution is 2.20. The first-order valence-corrected chi connectivity index (χ1v) is 10.6. The topological polar surface area (TPSA) is 67.7 Å². The predicted molar refractivity (Wildman–Crippen MR) is 127 cm³/mol. The number of nitrogens with zero attached hydrogens (tertiary/aromatic N) is 2. The molecule has 1 aromatic heterocycles. The van der Waals surface area contributed by atoms with Gasteiger partial charge in [0.05, 0.1) is 6.10 Å². The van der Waals surface area contributed by atoms with Crippen LogP contribution >= 0.6 is 24.0 Å². The standard InChI is InChI=1S/C21H36N4O2.HI/c1-2-22-21(24-15-10-18-27-19-11-4-3-5-12-19)23-14-7-9-17-25-16-8-6-13-20(25)26;/h6,8,13,16,19H,2-5,7,9-12,14-15,17-18H2,1H3,(H2,22,23,24);1H. The number of aromatic nitrogens is 1. The van der Waals surface area contributed by atoms with Gasteiger partial charge >= 0.3 is 0 Å². The summed E-state index contributed by atoms with van der Waals surface area (Å²) < 4.78 is 7.71. The van der Waals surface area contributed by atoms with E-state index in [0.717, 1.165) is 58.0 Å². The summed E-state index contributed by atoms with van der Waals surface area (Å²) in [5, 5.41) is 6.66. The number of hydrogen-bond acceptors (Lipinski definition) is 3. The van der Waals surface area contributed by atoms with Crippen LogP contribution in [0, 0.1) is 0 Å². The molecule has 0 atom stereocenters. The van der Waals surface area contributed by atoms with Crippen molar-refractivity contribution in [2.24, 2.45) is 4.99 Å². The lowest BCUT2D eigenvalue weighted by atomic mass is 9.98. The molecule has 0 saturated heterocycles. The SMILES string of the molecule is CCNC(=NCCCOC1CCCCC1)NCCCCn1ccccc1=O.I. The van der Waals surface area contributed by atoms with E-state index in [1.54, 1.807) is 16.7 Å². The molecule has 0 spiro atoms. The van der Waals surface area contributed by atoms with Crippen LogP contribution in [0.3, 0.4) is 0 Å². The fraction of sp³-hybridized carbons (Fsp3) is 0.714. The highest BCUT2D eigenvalue weighted by atomic mass is 127. The Bertz CT molecular complexity index is 600. The molecule has 0 bridgehead atoms. The van der Waals surface area contributed by atoms with Crippen LogP contribution < -0.4 is 16.2 Å². The maximum atomic E-state index is 11.7. The highest BCUT2D eigenvalue weighted by Gasteiger charge is 2.12. The van der Waals surface area contributed by atoms with Crippen LogP contribution in [-0.4, -0.2) is 42.9 Å². The van der Waals surface area contributed by atoms with E-state index in [1.807, 2.05) is 12.3 Å². The maximum absolute atomic E-state index is 11.7. The molecule has 2 rings (SSSR count). The van der Waals surface area contributed by atoms with Crippen LogP contribution in [0.25, 0.3) is 0 Å². The summed E-state index contributed by atoms with van der Waals surface area (Å²) in [5.41, 5.74) is 0.0656. The van der Waals surface area contributed by atoms with Crippen LogP contribution in [0.2, 0.25) is 0 Å². The Kier molecular flexibility index (Phi) is 14.1. The van der Waals surface area contributed by atoms with Gasteiger partial charge in [0.1, 0.15) is 0 Å². The monoisotopic (exact) mass is 504 g/mol. The Morgan fingerprint density at radius 1 is 1.18 bits per heavy atom. The maximum Gasteiger partial charge on any atom is 0.250 e. The van der Waals surface area contributed by atoms with Crippen molar-refractivity contribution in [2.75, 3.05) is 26.2 Å². The van der Waals surface area contributed by atoms with E-state index in [-0.39, 0.29) is 29.5 Å². The van der Waals surface area contributed by atoms with Gasteiger partial charge in [-0.2, -0.15) is 0 Å². The fourth-order valence-corrected chi connectivity index (χ4v) is 3.34. The Morgan fingerprint density at radius 3 is 2.75 bits per heavy atom. The Balaban J connectivity index is 0.00000392. The van der Waals surface area contributed by atoms with E-state index in [0.29, 0.717) is 6.10 Å². The summed E-state index contributed by atoms with van der Waals surface area (Å²) in [7, 11) is 0. The number of hydrogen-bond donors (Lipinski definition) is 2. The number of rotatable bonds is 11. The Morgan fingerprint density at radius 2 is 2.00 bits per heavy atom. The number of guanidine groups is 1. The minimum absolute atomic E-state index is 0. The number of pyridine rings is 1. The molecule has 1 fully saturated rings. The molecule has 1 aromatic rings. The van der Waals surface area contributed by atoms with E-state index in [1.165, 1.54) is 32.1 Å². The summed E-state index contributed by atoms with van der Waals surface area (Å²) >= 11 is 0. The fourth-order valence-electron chi connectivity index (χ4n) is 3.34. The molecule has 0 radical (unpaired) electrons. The molecule has 1 aliphatic carbocycles. The minimum atomic E-state index is 0. The van der Waals surface area contributed by atoms with Gasteiger partial charge < -0.3 is 19.9 Å². The molecule has 0 unspecified atom stereocenters. The van der Waals surface area contributed by atoms with Crippen LogP contribution in [-0.2, 0) is 11.3 Å². The van der Waals surface area contributed by atoms with E-state index in [2.05, 4.69) is 22.5 Å². The first-order valence-electron chi connectivity index (χ1n) is 10.6. The van der Waals surface area contributed by atoms with Crippen molar-refractivity contribution in [1.29, 1.82) is 0 Å². The van der Waals surface area contributed by atoms with Crippen LogP contribution in [0.4, 0.5) is 0 Å². The molecule has 2 N–H and O–H groups in total. The van der Waals surface area contributed by atoms with Gasteiger partial charge in [-0.15, -0.1) is 24.0 Å². The highest BCUT2D eigenvalue weighted by molar-refractivity contribution is 14.0. The van der Waals surface area contributed by atoms with Crippen molar-refractivity contribution < 1.29 is 4.74 Å². The summed E-state index contributed by atoms with van der Waals surface area (Å²) in [4.78, 5) is 16.3. The first-order chi connectivity index (χ1) is 13.3. The zero-order valence-electron chi connectivity index (χ0n) is 17.2. The van der Waals surface area contributed by atoms with Gasteiger partial charge in [0.15, 0.2) is 5.96 Å². The van der Waals surface area contributed by atoms with Gasteiger partial charge in [0, 0.05) is 45.0 Å². The third kappa shape index (κ3) is 10.5. The van der Waals surface area contributed by atoms with Crippen molar-refractivity contribution in [3.8, 4) is 0 Å². The van der Waals surface area contributed by atoms with E-state index in [4.69, 9.17) is 4.74 Å². The zero-order valence-corrected chi connectivity index (χ0v) is 19.5. The van der Waals surface area contributed by atoms with E-state index < -0.39 is 0 Å². The summed E-state index contributed by atoms with van der Waals surface area (Å²) in [5.74, 6) is 0.868. The molecular weight excluding hydrogens is 467 g/mol. The normalized spacial score (nSPS) is 15.1. The number of aryl methyl sites for hydroxylation is 1. The molecule has 0 aromatic carbocycles. The largest absolute Gasteiger partial charge is 0.378 e. The second kappa shape index (κ2) is 15.8. The van der Waals surface area contributed by atoms with Crippen molar-refractivity contribution in [1.82, 2.24) is 15.2 Å². The molecule has 160 valence electrons. The van der Waals surface area contributed by atoms with Gasteiger partial charge in [-0.25, -0.2) is 0 Å². The average molecular weight is 504 g/mol. The molecule has 28 heavy (non-hydrogen) atoms. The second-order valence-electron chi connectivity index (χ2n) is 7.11. The van der Waals surface area contributed by atoms with E-state index in [9.17, 15) is 4.79 Å². The second-order valence-corrected chi connectivity index (χ2v) is 7.11. The summed E-state index contributed by atoms with van der Waals surface area (Å²) in [6.45, 7) is 6.12. The molecular formula is C21H37IN4O2. The molecule has 0 aliphatic heterocycles. The van der Waals surface area contributed by atoms with E-state index >= 15 is 0 Å². The van der Waals surface area contributed by atoms with Gasteiger partial charge in [-0.3, -0.25) is 9.79 Å². The summed E-state index contributed by atoms with van der Waals surface area (Å²) in [6, 6.07) is 5.28. The molecule has 6 nitrogen and oxygen atoms in total. The summed E-state index contributed by atoms with van der Waals surface area (Å²) in [6.07, 6.45) is 11.7. The average Bonchev–Trinajstić information content (AvgIpc) is 2.69. The molecule has 7 heteroatoms. The molecule has 1 aliphatic rings. The third-order valence-corrected chi connectivity index (χ3v) is 4.84. The van der Waals surface area contributed by atoms with Crippen molar-refractivity contribution in [3.05, 3.63) is 34.7 Å². The van der Waals surface area contributed by atoms with Gasteiger partial charge in [-0.05, 0) is 45.1 Å². The Hall–Kier alpha value is -1.09. The number of halogens is 1. The lowest BCUT2D eigenvalue weighted by molar-refractivity contribution is 0.0281. The smallest absolute Gasteiger partial charge is 0.250 e. The van der Waals surface area contributed by atoms with Crippen LogP contribution in [0.15, 0.2) is 34.2 Å². The first kappa shape index (κ1) is 24.9. The zero-order chi connectivity index (χ0) is 19.2. The number of aliphatic imine (C=N–C) groups is 1. The lowest BCUT2D eigenvalue weighted by Gasteiger charge is -2.21. The number of nitrogens with one attached hydrogen (secondary N) is 2. The number of unbranched alkanes of at least 4 members (excludes halogenated alkanes) is 1. The van der Waals surface area contributed by atoms with Crippen LogP contribution in [0.1, 0.15) is 58.3 Å². The third-order valence-electron chi connectivity index (χ3n) is 4.84. The van der Waals surface area contributed by atoms with Crippen molar-refractivity contribution >= 4 is 29.9 Å². The lowest BCUT2D eigenvalue weighted by Crippen LogP contribution is -2.38. The van der Waals surface area contributed by atoms with Gasteiger partial charge in [0.2, 0.25) is 5.56 Å². The van der Waals surface area contributed by atoms with Gasteiger partial charge in [-0.1, -0.05) is 25.3 Å². The quantitative estimate of drug-likeness (QED) is 0.210. The molecule has 1 saturated carbocycles. The van der Waals surface area contributed by atoms with Crippen LogP contribution in [0.5, 0.6) is 0 Å². The number of ether oxygens (including phenoxy) is 1. The van der Waals surface area contributed by atoms with Gasteiger partial charge in [0.25, 0.3) is 0 Å². The molecule has 0 amide bonds. The van der Waals surface area contributed by atoms with Crippen molar-refractivity contribution in [3.63, 3.8) is 0 Å². The minimum Gasteiger partial charge on any atom is -0.378 e. The molecule has 1 heterocycles. The van der Waals surface area contributed by atoms with Crippen molar-refractivity contribution in [2.45, 2.75) is 70.9 Å². The Labute approximate surface area is 186 Å². The predicted octanol–water partition coefficient (Wildman–Crippen LogP) is 3.54.